The minimum atomic E-state index is -3.61. The van der Waals surface area contributed by atoms with E-state index in [9.17, 15) is 18.0 Å². The molecule has 7 nitrogen and oxygen atoms in total. The fourth-order valence-electron chi connectivity index (χ4n) is 5.07. The number of rotatable bonds is 3. The van der Waals surface area contributed by atoms with Crippen molar-refractivity contribution in [2.75, 3.05) is 31.9 Å². The van der Waals surface area contributed by atoms with E-state index in [1.807, 2.05) is 39.8 Å². The fourth-order valence-corrected chi connectivity index (χ4v) is 8.32. The molecule has 0 aromatic heterocycles. The van der Waals surface area contributed by atoms with E-state index in [2.05, 4.69) is 0 Å². The lowest BCUT2D eigenvalue weighted by Crippen LogP contribution is -2.56. The van der Waals surface area contributed by atoms with E-state index in [-0.39, 0.29) is 29.8 Å². The molecule has 3 heterocycles. The van der Waals surface area contributed by atoms with Gasteiger partial charge in [-0.15, -0.1) is 11.8 Å². The molecule has 0 spiro atoms. The van der Waals surface area contributed by atoms with Gasteiger partial charge in [0.1, 0.15) is 6.04 Å². The Hall–Kier alpha value is -1.58. The van der Waals surface area contributed by atoms with Gasteiger partial charge in [-0.05, 0) is 45.2 Å². The van der Waals surface area contributed by atoms with Gasteiger partial charge in [-0.3, -0.25) is 9.59 Å². The molecule has 0 N–H and O–H groups in total. The highest BCUT2D eigenvalue weighted by molar-refractivity contribution is 8.01. The Labute approximate surface area is 182 Å². The molecule has 9 heteroatoms. The number of piperazine rings is 1. The lowest BCUT2D eigenvalue weighted by atomic mass is 10.1. The fraction of sp³-hybridized carbons (Fsp3) is 0.619. The van der Waals surface area contributed by atoms with Gasteiger partial charge in [0, 0.05) is 38.4 Å². The molecule has 0 saturated carbocycles. The van der Waals surface area contributed by atoms with Crippen molar-refractivity contribution in [2.45, 2.75) is 56.3 Å². The Kier molecular flexibility index (Phi) is 5.43. The first-order valence-electron chi connectivity index (χ1n) is 10.4. The van der Waals surface area contributed by atoms with Crippen LogP contribution >= 0.6 is 11.8 Å². The van der Waals surface area contributed by atoms with Gasteiger partial charge in [-0.25, -0.2) is 8.42 Å². The van der Waals surface area contributed by atoms with E-state index >= 15 is 0 Å². The third-order valence-corrected chi connectivity index (χ3v) is 10.2. The second kappa shape index (κ2) is 7.53. The third kappa shape index (κ3) is 3.44. The molecule has 1 aromatic rings. The van der Waals surface area contributed by atoms with Crippen molar-refractivity contribution in [3.8, 4) is 0 Å². The lowest BCUT2D eigenvalue weighted by Gasteiger charge is -2.37. The number of hydrogen-bond donors (Lipinski definition) is 0. The van der Waals surface area contributed by atoms with E-state index in [4.69, 9.17) is 0 Å². The summed E-state index contributed by atoms with van der Waals surface area (Å²) in [5.74, 6) is 0.607. The summed E-state index contributed by atoms with van der Waals surface area (Å²) in [5.41, 5.74) is 2.54. The first-order chi connectivity index (χ1) is 14.0. The van der Waals surface area contributed by atoms with Crippen molar-refractivity contribution in [3.05, 3.63) is 28.8 Å². The van der Waals surface area contributed by atoms with E-state index in [1.165, 1.54) is 4.31 Å². The zero-order chi connectivity index (χ0) is 21.8. The maximum Gasteiger partial charge on any atom is 0.246 e. The lowest BCUT2D eigenvalue weighted by molar-refractivity contribution is -0.144. The van der Waals surface area contributed by atoms with Gasteiger partial charge in [0.15, 0.2) is 0 Å². The number of amides is 2. The van der Waals surface area contributed by atoms with Gasteiger partial charge in [-0.1, -0.05) is 17.7 Å². The van der Waals surface area contributed by atoms with Gasteiger partial charge >= 0.3 is 0 Å². The molecule has 0 aliphatic carbocycles. The van der Waals surface area contributed by atoms with Crippen LogP contribution in [-0.2, 0) is 19.6 Å². The molecule has 0 radical (unpaired) electrons. The van der Waals surface area contributed by atoms with Crippen molar-refractivity contribution in [3.63, 3.8) is 0 Å². The molecular formula is C21H29N3O4S2. The van der Waals surface area contributed by atoms with Crippen LogP contribution < -0.4 is 0 Å². The Balaban J connectivity index is 1.47. The quantitative estimate of drug-likeness (QED) is 0.701. The average Bonchev–Trinajstić information content (AvgIpc) is 3.16. The first kappa shape index (κ1) is 21.6. The minimum Gasteiger partial charge on any atom is -0.338 e. The number of nitrogens with zero attached hydrogens (tertiary/aromatic N) is 3. The monoisotopic (exact) mass is 451 g/mol. The van der Waals surface area contributed by atoms with Gasteiger partial charge in [0.25, 0.3) is 0 Å². The minimum absolute atomic E-state index is 0.0485. The highest BCUT2D eigenvalue weighted by Crippen LogP contribution is 2.47. The second-order valence-corrected chi connectivity index (χ2v) is 12.1. The Bertz CT molecular complexity index is 978. The Morgan fingerprint density at radius 3 is 2.30 bits per heavy atom. The third-order valence-electron chi connectivity index (χ3n) is 6.48. The first-order valence-corrected chi connectivity index (χ1v) is 12.8. The molecule has 30 heavy (non-hydrogen) atoms. The maximum absolute atomic E-state index is 13.3. The molecule has 1 aromatic carbocycles. The number of carbonyl (C=O) groups excluding carboxylic acids is 2. The Morgan fingerprint density at radius 1 is 1.10 bits per heavy atom. The zero-order valence-electron chi connectivity index (χ0n) is 18.0. The summed E-state index contributed by atoms with van der Waals surface area (Å²) in [5, 5.41) is 0. The topological polar surface area (TPSA) is 78.0 Å². The number of carbonyl (C=O) groups is 2. The predicted molar refractivity (Wildman–Crippen MR) is 117 cm³/mol. The van der Waals surface area contributed by atoms with Crippen molar-refractivity contribution < 1.29 is 18.0 Å². The maximum atomic E-state index is 13.3. The van der Waals surface area contributed by atoms with Crippen molar-refractivity contribution in [1.29, 1.82) is 0 Å². The second-order valence-electron chi connectivity index (χ2n) is 8.72. The highest BCUT2D eigenvalue weighted by Gasteiger charge is 2.53. The predicted octanol–water partition coefficient (Wildman–Crippen LogP) is 1.90. The van der Waals surface area contributed by atoms with Crippen LogP contribution in [-0.4, -0.2) is 77.2 Å². The number of benzene rings is 1. The van der Waals surface area contributed by atoms with E-state index < -0.39 is 16.1 Å². The zero-order valence-corrected chi connectivity index (χ0v) is 19.6. The van der Waals surface area contributed by atoms with Crippen molar-refractivity contribution in [2.24, 2.45) is 0 Å². The normalized spacial score (nSPS) is 27.6. The molecule has 2 amide bonds. The molecule has 0 unspecified atom stereocenters. The van der Waals surface area contributed by atoms with Crippen LogP contribution in [0.3, 0.4) is 0 Å². The summed E-state index contributed by atoms with van der Waals surface area (Å²) in [4.78, 5) is 29.1. The number of fused-ring (bicyclic) bond motifs is 1. The van der Waals surface area contributed by atoms with E-state index in [0.29, 0.717) is 30.2 Å². The SMILES string of the molecule is Cc1cc(C)c(S(=O)(=O)N2CCN(C(=O)[C@H]3CS[C@@]4(C)CCC(=O)N34)CC2)c(C)c1. The van der Waals surface area contributed by atoms with Crippen LogP contribution in [0.1, 0.15) is 36.5 Å². The summed E-state index contributed by atoms with van der Waals surface area (Å²) < 4.78 is 28.0. The highest BCUT2D eigenvalue weighted by atomic mass is 32.2. The smallest absolute Gasteiger partial charge is 0.246 e. The summed E-state index contributed by atoms with van der Waals surface area (Å²) in [6.07, 6.45) is 1.27. The number of hydrogen-bond acceptors (Lipinski definition) is 5. The van der Waals surface area contributed by atoms with Crippen LogP contribution in [0.25, 0.3) is 0 Å². The number of sulfonamides is 1. The molecule has 2 atom stereocenters. The standard InChI is InChI=1S/C21H29N3O4S2/c1-14-11-15(2)19(16(3)12-14)30(27,28)23-9-7-22(8-10-23)20(26)17-13-29-21(4)6-5-18(25)24(17)21/h11-12,17H,5-10,13H2,1-4H3/t17-,21+/m1/s1. The van der Waals surface area contributed by atoms with Crippen LogP contribution in [0.5, 0.6) is 0 Å². The molecule has 3 aliphatic heterocycles. The van der Waals surface area contributed by atoms with Gasteiger partial charge in [0.2, 0.25) is 21.8 Å². The van der Waals surface area contributed by atoms with Crippen LogP contribution in [0.15, 0.2) is 17.0 Å². The summed E-state index contributed by atoms with van der Waals surface area (Å²) >= 11 is 1.68. The van der Waals surface area contributed by atoms with Crippen molar-refractivity contribution in [1.82, 2.24) is 14.1 Å². The van der Waals surface area contributed by atoms with Gasteiger partial charge in [-0.2, -0.15) is 4.31 Å². The van der Waals surface area contributed by atoms with Gasteiger partial charge in [0.05, 0.1) is 9.77 Å². The van der Waals surface area contributed by atoms with Gasteiger partial charge < -0.3 is 9.80 Å². The summed E-state index contributed by atoms with van der Waals surface area (Å²) in [6, 6.07) is 3.35. The van der Waals surface area contributed by atoms with Crippen molar-refractivity contribution >= 4 is 33.6 Å². The van der Waals surface area contributed by atoms with Crippen LogP contribution in [0.2, 0.25) is 0 Å². The van der Waals surface area contributed by atoms with Crippen LogP contribution in [0, 0.1) is 20.8 Å². The number of aryl methyl sites for hydroxylation is 3. The Morgan fingerprint density at radius 2 is 1.70 bits per heavy atom. The molecular weight excluding hydrogens is 422 g/mol. The van der Waals surface area contributed by atoms with Crippen LogP contribution in [0.4, 0.5) is 0 Å². The number of thioether (sulfide) groups is 1. The molecule has 3 aliphatic rings. The molecule has 3 saturated heterocycles. The van der Waals surface area contributed by atoms with E-state index in [0.717, 1.165) is 23.1 Å². The summed E-state index contributed by atoms with van der Waals surface area (Å²) in [7, 11) is -3.61. The average molecular weight is 452 g/mol. The molecule has 164 valence electrons. The largest absolute Gasteiger partial charge is 0.338 e. The molecule has 3 fully saturated rings. The summed E-state index contributed by atoms with van der Waals surface area (Å²) in [6.45, 7) is 8.88. The molecule has 0 bridgehead atoms. The van der Waals surface area contributed by atoms with E-state index in [1.54, 1.807) is 21.6 Å². The molecule has 4 rings (SSSR count).